The van der Waals surface area contributed by atoms with Crippen LogP contribution in [0.15, 0.2) is 0 Å². The molecule has 1 saturated carbocycles. The van der Waals surface area contributed by atoms with E-state index in [1.165, 1.54) is 0 Å². The van der Waals surface area contributed by atoms with Crippen LogP contribution in [0.2, 0.25) is 0 Å². The SMILES string of the molecule is CCCCCCSC[C@H]1O[C@H](O[C@@H]2[C@@H](O)[C@H](O[C@H]3O[C@H](CN)[C@@H](O)[C@H](O)[C@H]3O)[C@@H](N)C[C@H]2N)[C@H](O)[C@@H](N)[C@@H]1O. The first kappa shape index (κ1) is 33.3. The molecule has 14 N–H and O–H groups in total. The predicted octanol–water partition coefficient (Wildman–Crippen LogP) is -3.97. The van der Waals surface area contributed by atoms with E-state index in [1.54, 1.807) is 11.8 Å². The molecule has 2 heterocycles. The average molecular weight is 585 g/mol. The molecule has 1 aliphatic carbocycles. The number of thioether (sulfide) groups is 1. The van der Waals surface area contributed by atoms with E-state index in [4.69, 9.17) is 41.9 Å². The smallest absolute Gasteiger partial charge is 0.187 e. The molecule has 0 amide bonds. The van der Waals surface area contributed by atoms with Crippen molar-refractivity contribution in [1.29, 1.82) is 0 Å². The Hall–Kier alpha value is -0.210. The van der Waals surface area contributed by atoms with Crippen molar-refractivity contribution >= 4 is 11.8 Å². The number of unbranched alkanes of at least 4 members (excludes halogenated alkanes) is 3. The monoisotopic (exact) mass is 584 g/mol. The van der Waals surface area contributed by atoms with E-state index in [0.717, 1.165) is 31.4 Å². The molecular weight excluding hydrogens is 536 g/mol. The van der Waals surface area contributed by atoms with Crippen molar-refractivity contribution < 1.29 is 49.6 Å². The van der Waals surface area contributed by atoms with Gasteiger partial charge >= 0.3 is 0 Å². The molecule has 0 unspecified atom stereocenters. The Morgan fingerprint density at radius 1 is 0.718 bits per heavy atom. The summed E-state index contributed by atoms with van der Waals surface area (Å²) in [6.07, 6.45) is -10.8. The number of nitrogens with two attached hydrogens (primary N) is 4. The Kier molecular flexibility index (Phi) is 13.1. The predicted molar refractivity (Wildman–Crippen MR) is 142 cm³/mol. The fourth-order valence-corrected chi connectivity index (χ4v) is 6.30. The number of hydrogen-bond donors (Lipinski definition) is 10. The van der Waals surface area contributed by atoms with E-state index >= 15 is 0 Å². The lowest BCUT2D eigenvalue weighted by molar-refractivity contribution is -0.330. The lowest BCUT2D eigenvalue weighted by atomic mass is 9.84. The second-order valence-electron chi connectivity index (χ2n) is 10.7. The summed E-state index contributed by atoms with van der Waals surface area (Å²) < 4.78 is 23.1. The minimum absolute atomic E-state index is 0.134. The molecule has 15 atom stereocenters. The first-order valence-electron chi connectivity index (χ1n) is 13.8. The van der Waals surface area contributed by atoms with Crippen LogP contribution in [-0.4, -0.2) is 140 Å². The molecule has 3 fully saturated rings. The van der Waals surface area contributed by atoms with Crippen LogP contribution >= 0.6 is 11.8 Å². The van der Waals surface area contributed by atoms with Crippen molar-refractivity contribution in [1.82, 2.24) is 0 Å². The lowest BCUT2D eigenvalue weighted by Gasteiger charge is -2.48. The summed E-state index contributed by atoms with van der Waals surface area (Å²) in [6, 6.07) is -2.63. The maximum Gasteiger partial charge on any atom is 0.187 e. The summed E-state index contributed by atoms with van der Waals surface area (Å²) in [6.45, 7) is 1.99. The number of aliphatic hydroxyl groups is 6. The van der Waals surface area contributed by atoms with Gasteiger partial charge in [0.05, 0.1) is 18.2 Å². The van der Waals surface area contributed by atoms with Gasteiger partial charge < -0.3 is 72.5 Å². The second-order valence-corrected chi connectivity index (χ2v) is 11.9. The summed E-state index contributed by atoms with van der Waals surface area (Å²) in [5.41, 5.74) is 24.1. The Morgan fingerprint density at radius 3 is 1.90 bits per heavy atom. The van der Waals surface area contributed by atoms with Crippen LogP contribution in [0.4, 0.5) is 0 Å². The lowest BCUT2D eigenvalue weighted by Crippen LogP contribution is -2.68. The van der Waals surface area contributed by atoms with Gasteiger partial charge in [-0.2, -0.15) is 11.8 Å². The highest BCUT2D eigenvalue weighted by Crippen LogP contribution is 2.32. The van der Waals surface area contributed by atoms with Gasteiger partial charge in [0.1, 0.15) is 48.8 Å². The highest BCUT2D eigenvalue weighted by Gasteiger charge is 2.51. The molecule has 2 aliphatic heterocycles. The van der Waals surface area contributed by atoms with Crippen LogP contribution in [0.5, 0.6) is 0 Å². The maximum absolute atomic E-state index is 11.2. The third-order valence-corrected chi connectivity index (χ3v) is 8.87. The summed E-state index contributed by atoms with van der Waals surface area (Å²) in [7, 11) is 0. The zero-order valence-corrected chi connectivity index (χ0v) is 23.2. The van der Waals surface area contributed by atoms with Gasteiger partial charge in [0.25, 0.3) is 0 Å². The molecule has 3 aliphatic rings. The Balaban J connectivity index is 1.64. The number of rotatable bonds is 12. The Labute approximate surface area is 233 Å². The number of ether oxygens (including phenoxy) is 4. The molecule has 0 radical (unpaired) electrons. The molecule has 230 valence electrons. The van der Waals surface area contributed by atoms with Crippen molar-refractivity contribution in [2.75, 3.05) is 18.1 Å². The Morgan fingerprint density at radius 2 is 1.31 bits per heavy atom. The minimum Gasteiger partial charge on any atom is -0.389 e. The van der Waals surface area contributed by atoms with Crippen molar-refractivity contribution in [2.24, 2.45) is 22.9 Å². The zero-order valence-electron chi connectivity index (χ0n) is 22.4. The van der Waals surface area contributed by atoms with E-state index in [2.05, 4.69) is 6.92 Å². The quantitative estimate of drug-likeness (QED) is 0.0981. The van der Waals surface area contributed by atoms with Gasteiger partial charge in [-0.05, 0) is 18.6 Å². The molecule has 0 aromatic heterocycles. The largest absolute Gasteiger partial charge is 0.389 e. The molecule has 39 heavy (non-hydrogen) atoms. The van der Waals surface area contributed by atoms with Crippen LogP contribution in [0.25, 0.3) is 0 Å². The minimum atomic E-state index is -1.64. The Bertz CT molecular complexity index is 732. The summed E-state index contributed by atoms with van der Waals surface area (Å²) in [5, 5.41) is 63.0. The fourth-order valence-electron chi connectivity index (χ4n) is 5.22. The zero-order chi connectivity index (χ0) is 28.9. The van der Waals surface area contributed by atoms with E-state index in [0.29, 0.717) is 5.75 Å². The first-order valence-corrected chi connectivity index (χ1v) is 14.9. The molecule has 3 rings (SSSR count). The summed E-state index contributed by atoms with van der Waals surface area (Å²) in [4.78, 5) is 0. The third kappa shape index (κ3) is 8.00. The van der Waals surface area contributed by atoms with Crippen LogP contribution in [-0.2, 0) is 18.9 Å². The van der Waals surface area contributed by atoms with Crippen LogP contribution in [0, 0.1) is 0 Å². The van der Waals surface area contributed by atoms with E-state index in [-0.39, 0.29) is 13.0 Å². The van der Waals surface area contributed by atoms with Crippen LogP contribution in [0.1, 0.15) is 39.0 Å². The van der Waals surface area contributed by atoms with Gasteiger partial charge in [-0.25, -0.2) is 0 Å². The highest BCUT2D eigenvalue weighted by atomic mass is 32.2. The third-order valence-electron chi connectivity index (χ3n) is 7.73. The fraction of sp³-hybridized carbons (Fsp3) is 1.00. The molecular formula is C24H48N4O10S. The molecule has 2 saturated heterocycles. The average Bonchev–Trinajstić information content (AvgIpc) is 2.91. The number of aliphatic hydroxyl groups excluding tert-OH is 6. The second kappa shape index (κ2) is 15.3. The van der Waals surface area contributed by atoms with Crippen LogP contribution < -0.4 is 22.9 Å². The van der Waals surface area contributed by atoms with Gasteiger partial charge in [-0.15, -0.1) is 0 Å². The first-order chi connectivity index (χ1) is 18.5. The topological polar surface area (TPSA) is 262 Å². The molecule has 15 heteroatoms. The van der Waals surface area contributed by atoms with E-state index < -0.39 is 91.7 Å². The summed E-state index contributed by atoms with van der Waals surface area (Å²) >= 11 is 1.62. The van der Waals surface area contributed by atoms with Gasteiger partial charge in [0.15, 0.2) is 12.6 Å². The summed E-state index contributed by atoms with van der Waals surface area (Å²) in [5.74, 6) is 1.34. The van der Waals surface area contributed by atoms with Crippen LogP contribution in [0.3, 0.4) is 0 Å². The van der Waals surface area contributed by atoms with Gasteiger partial charge in [0.2, 0.25) is 0 Å². The van der Waals surface area contributed by atoms with Crippen molar-refractivity contribution in [3.05, 3.63) is 0 Å². The van der Waals surface area contributed by atoms with Gasteiger partial charge in [0, 0.05) is 24.4 Å². The van der Waals surface area contributed by atoms with Crippen molar-refractivity contribution in [3.63, 3.8) is 0 Å². The highest BCUT2D eigenvalue weighted by molar-refractivity contribution is 7.99. The maximum atomic E-state index is 11.2. The normalized spacial score (nSPS) is 47.3. The molecule has 0 aromatic rings. The standard InChI is InChI=1S/C24H48N4O10S/c1-2-3-4-5-6-39-9-13-15(29)14(28)17(31)23(36-13)37-21-10(26)7-11(27)22(20(21)34)38-24-19(33)18(32)16(30)12(8-25)35-24/h10-24,29-34H,2-9,25-28H2,1H3/t10-,11+,12-,13-,14+,15-,16-,17-,18+,19-,20-,21+,22-,23-,24-/m1/s1. The molecule has 0 aromatic carbocycles. The molecule has 0 bridgehead atoms. The molecule has 0 spiro atoms. The molecule has 14 nitrogen and oxygen atoms in total. The van der Waals surface area contributed by atoms with E-state index in [1.807, 2.05) is 0 Å². The van der Waals surface area contributed by atoms with Crippen molar-refractivity contribution in [2.45, 2.75) is 131 Å². The van der Waals surface area contributed by atoms with Crippen molar-refractivity contribution in [3.8, 4) is 0 Å². The van der Waals surface area contributed by atoms with Gasteiger partial charge in [-0.3, -0.25) is 0 Å². The van der Waals surface area contributed by atoms with Gasteiger partial charge in [-0.1, -0.05) is 26.2 Å². The number of hydrogen-bond acceptors (Lipinski definition) is 15. The van der Waals surface area contributed by atoms with E-state index in [9.17, 15) is 30.6 Å².